The summed E-state index contributed by atoms with van der Waals surface area (Å²) in [5.41, 5.74) is 0.896. The van der Waals surface area contributed by atoms with Gasteiger partial charge in [0, 0.05) is 0 Å². The monoisotopic (exact) mass is 330 g/mol. The third-order valence-corrected chi connectivity index (χ3v) is 5.43. The fraction of sp³-hybridized carbons (Fsp3) is 0.400. The number of hydrogen-bond acceptors (Lipinski definition) is 6. The minimum absolute atomic E-state index is 0.141. The van der Waals surface area contributed by atoms with Crippen molar-refractivity contribution in [2.45, 2.75) is 11.4 Å². The van der Waals surface area contributed by atoms with Crippen LogP contribution in [0.2, 0.25) is 0 Å². The van der Waals surface area contributed by atoms with E-state index in [-0.39, 0.29) is 17.3 Å². The fourth-order valence-electron chi connectivity index (χ4n) is 2.11. The number of hydrogen-bond donors (Lipinski definition) is 3. The Balaban J connectivity index is 1.71. The van der Waals surface area contributed by atoms with Gasteiger partial charge in [-0.3, -0.25) is 5.32 Å². The number of amides is 2. The number of sulfone groups is 1. The highest BCUT2D eigenvalue weighted by molar-refractivity contribution is 7.91. The summed E-state index contributed by atoms with van der Waals surface area (Å²) >= 11 is 5.92. The van der Waals surface area contributed by atoms with Crippen molar-refractivity contribution in [3.8, 4) is 0 Å². The summed E-state index contributed by atoms with van der Waals surface area (Å²) in [7, 11) is -3.21. The van der Waals surface area contributed by atoms with E-state index >= 15 is 0 Å². The van der Waals surface area contributed by atoms with Gasteiger partial charge in [0.2, 0.25) is 0 Å². The molecule has 0 unspecified atom stereocenters. The lowest BCUT2D eigenvalue weighted by Crippen LogP contribution is -2.43. The molecule has 0 radical (unpaired) electrons. The first-order chi connectivity index (χ1) is 9.94. The maximum atomic E-state index is 11.9. The highest BCUT2D eigenvalue weighted by atomic mass is 35.5. The van der Waals surface area contributed by atoms with E-state index in [1.54, 1.807) is 0 Å². The molecule has 2 aromatic heterocycles. The Hall–Kier alpha value is -1.94. The number of aromatic nitrogens is 4. The number of carbonyl (C=O) groups excluding carboxylic acids is 1. The second-order valence-corrected chi connectivity index (χ2v) is 7.34. The number of H-pyrrole nitrogens is 1. The quantitative estimate of drug-likeness (QED) is 0.658. The smallest absolute Gasteiger partial charge is 0.320 e. The van der Waals surface area contributed by atoms with Crippen LogP contribution in [-0.2, 0) is 9.84 Å². The van der Waals surface area contributed by atoms with Crippen molar-refractivity contribution in [2.75, 3.05) is 16.8 Å². The number of urea groups is 1. The van der Waals surface area contributed by atoms with Gasteiger partial charge in [-0.1, -0.05) is 0 Å². The predicted molar refractivity (Wildman–Crippen MR) is 75.9 cm³/mol. The van der Waals surface area contributed by atoms with Crippen molar-refractivity contribution in [2.24, 2.45) is 0 Å². The number of rotatable bonds is 2. The van der Waals surface area contributed by atoms with Gasteiger partial charge < -0.3 is 10.3 Å². The van der Waals surface area contributed by atoms with Gasteiger partial charge in [0.25, 0.3) is 0 Å². The molecule has 2 atom stereocenters. The largest absolute Gasteiger partial charge is 0.340 e. The van der Waals surface area contributed by atoms with E-state index in [9.17, 15) is 13.2 Å². The van der Waals surface area contributed by atoms with Gasteiger partial charge in [0.15, 0.2) is 21.3 Å². The van der Waals surface area contributed by atoms with Gasteiger partial charge >= 0.3 is 6.03 Å². The zero-order valence-electron chi connectivity index (χ0n) is 10.6. The van der Waals surface area contributed by atoms with Crippen LogP contribution in [0.4, 0.5) is 10.6 Å². The zero-order valence-corrected chi connectivity index (χ0v) is 12.1. The lowest BCUT2D eigenvalue weighted by atomic mass is 10.2. The maximum Gasteiger partial charge on any atom is 0.320 e. The van der Waals surface area contributed by atoms with Crippen molar-refractivity contribution in [1.29, 1.82) is 0 Å². The average Bonchev–Trinajstić information content (AvgIpc) is 2.94. The van der Waals surface area contributed by atoms with Gasteiger partial charge in [0.05, 0.1) is 29.3 Å². The molecule has 21 heavy (non-hydrogen) atoms. The number of imidazole rings is 1. The van der Waals surface area contributed by atoms with Crippen molar-refractivity contribution in [3.05, 3.63) is 12.7 Å². The zero-order chi connectivity index (χ0) is 15.0. The minimum atomic E-state index is -3.21. The molecule has 3 rings (SSSR count). The first kappa shape index (κ1) is 14.0. The lowest BCUT2D eigenvalue weighted by molar-refractivity contribution is 0.249. The van der Waals surface area contributed by atoms with E-state index < -0.39 is 27.3 Å². The standard InChI is InChI=1S/C10H11ClN6O3S/c11-5-1-21(19,20)2-6(5)16-10(18)17-9-7-8(13-3-12-7)14-4-15-9/h3-6H,1-2H2,(H3,12,13,14,15,16,17,18)/t5-,6-/m1/s1. The Morgan fingerprint density at radius 2 is 2.14 bits per heavy atom. The Morgan fingerprint density at radius 3 is 2.86 bits per heavy atom. The molecule has 1 aliphatic rings. The molecule has 0 spiro atoms. The summed E-state index contributed by atoms with van der Waals surface area (Å²) in [5.74, 6) is -0.0581. The number of nitrogens with one attached hydrogen (secondary N) is 3. The maximum absolute atomic E-state index is 11.9. The third-order valence-electron chi connectivity index (χ3n) is 3.05. The molecule has 1 saturated heterocycles. The third kappa shape index (κ3) is 2.90. The Kier molecular flexibility index (Phi) is 3.41. The van der Waals surface area contributed by atoms with E-state index in [4.69, 9.17) is 11.6 Å². The van der Waals surface area contributed by atoms with Crippen LogP contribution in [0.15, 0.2) is 12.7 Å². The molecule has 11 heteroatoms. The minimum Gasteiger partial charge on any atom is -0.340 e. The molecule has 2 amide bonds. The number of halogens is 1. The van der Waals surface area contributed by atoms with Crippen molar-refractivity contribution >= 4 is 44.5 Å². The lowest BCUT2D eigenvalue weighted by Gasteiger charge is -2.14. The Labute approximate surface area is 124 Å². The van der Waals surface area contributed by atoms with Crippen LogP contribution in [0.3, 0.4) is 0 Å². The predicted octanol–water partition coefficient (Wildman–Crippen LogP) is -0.121. The normalized spacial score (nSPS) is 24.0. The molecule has 2 aromatic rings. The summed E-state index contributed by atoms with van der Waals surface area (Å²) in [4.78, 5) is 26.5. The van der Waals surface area contributed by atoms with Crippen LogP contribution in [0.5, 0.6) is 0 Å². The highest BCUT2D eigenvalue weighted by Gasteiger charge is 2.37. The van der Waals surface area contributed by atoms with E-state index in [1.165, 1.54) is 12.7 Å². The summed E-state index contributed by atoms with van der Waals surface area (Å²) in [6.07, 6.45) is 2.70. The van der Waals surface area contributed by atoms with E-state index in [1.807, 2.05) is 0 Å². The number of alkyl halides is 1. The van der Waals surface area contributed by atoms with Crippen molar-refractivity contribution in [3.63, 3.8) is 0 Å². The molecule has 0 aliphatic carbocycles. The van der Waals surface area contributed by atoms with E-state index in [0.717, 1.165) is 0 Å². The summed E-state index contributed by atoms with van der Waals surface area (Å²) < 4.78 is 22.9. The van der Waals surface area contributed by atoms with Crippen LogP contribution < -0.4 is 10.6 Å². The first-order valence-electron chi connectivity index (χ1n) is 6.01. The fourth-order valence-corrected chi connectivity index (χ4v) is 4.66. The molecule has 9 nitrogen and oxygen atoms in total. The van der Waals surface area contributed by atoms with Crippen molar-refractivity contribution in [1.82, 2.24) is 25.3 Å². The first-order valence-corrected chi connectivity index (χ1v) is 8.26. The molecule has 112 valence electrons. The van der Waals surface area contributed by atoms with Crippen LogP contribution in [-0.4, -0.2) is 57.3 Å². The topological polar surface area (TPSA) is 130 Å². The number of fused-ring (bicyclic) bond motifs is 1. The summed E-state index contributed by atoms with van der Waals surface area (Å²) in [6, 6.07) is -1.21. The molecule has 1 aliphatic heterocycles. The number of aromatic amines is 1. The Morgan fingerprint density at radius 1 is 1.33 bits per heavy atom. The van der Waals surface area contributed by atoms with Crippen LogP contribution in [0.1, 0.15) is 0 Å². The van der Waals surface area contributed by atoms with Gasteiger partial charge in [-0.2, -0.15) is 0 Å². The Bertz CT molecular complexity index is 791. The molecule has 1 fully saturated rings. The second-order valence-electron chi connectivity index (χ2n) is 4.62. The van der Waals surface area contributed by atoms with Crippen molar-refractivity contribution < 1.29 is 13.2 Å². The van der Waals surface area contributed by atoms with E-state index in [2.05, 4.69) is 30.6 Å². The molecule has 3 N–H and O–H groups in total. The molecular weight excluding hydrogens is 320 g/mol. The van der Waals surface area contributed by atoms with Crippen LogP contribution in [0, 0.1) is 0 Å². The van der Waals surface area contributed by atoms with Gasteiger partial charge in [-0.05, 0) is 0 Å². The average molecular weight is 331 g/mol. The summed E-state index contributed by atoms with van der Waals surface area (Å²) in [6.45, 7) is 0. The molecule has 0 bridgehead atoms. The van der Waals surface area contributed by atoms with Gasteiger partial charge in [-0.25, -0.2) is 28.2 Å². The molecular formula is C10H11ClN6O3S. The van der Waals surface area contributed by atoms with Crippen LogP contribution >= 0.6 is 11.6 Å². The van der Waals surface area contributed by atoms with E-state index in [0.29, 0.717) is 11.2 Å². The number of carbonyl (C=O) groups is 1. The molecule has 3 heterocycles. The van der Waals surface area contributed by atoms with Crippen LogP contribution in [0.25, 0.3) is 11.2 Å². The van der Waals surface area contributed by atoms with Gasteiger partial charge in [-0.15, -0.1) is 11.6 Å². The SMILES string of the molecule is O=C(Nc1ncnc2nc[nH]c12)N[C@@H]1CS(=O)(=O)C[C@H]1Cl. The second kappa shape index (κ2) is 5.11. The highest BCUT2D eigenvalue weighted by Crippen LogP contribution is 2.18. The number of anilines is 1. The molecule has 0 saturated carbocycles. The molecule has 0 aromatic carbocycles. The number of nitrogens with zero attached hydrogens (tertiary/aromatic N) is 3. The van der Waals surface area contributed by atoms with Gasteiger partial charge in [0.1, 0.15) is 11.8 Å². The summed E-state index contributed by atoms with van der Waals surface area (Å²) in [5, 5.41) is 4.41.